The van der Waals surface area contributed by atoms with Crippen molar-refractivity contribution in [1.82, 2.24) is 0 Å². The zero-order chi connectivity index (χ0) is 9.68. The van der Waals surface area contributed by atoms with Gasteiger partial charge in [0.25, 0.3) is 0 Å². The second-order valence-corrected chi connectivity index (χ2v) is 3.64. The molecule has 0 aliphatic heterocycles. The van der Waals surface area contributed by atoms with Crippen LogP contribution in [-0.4, -0.2) is 17.7 Å². The average molecular weight is 180 g/mol. The molecule has 2 nitrogen and oxygen atoms in total. The van der Waals surface area contributed by atoms with Gasteiger partial charge in [-0.2, -0.15) is 0 Å². The van der Waals surface area contributed by atoms with Crippen molar-refractivity contribution in [2.75, 3.05) is 6.54 Å². The molecule has 1 aromatic carbocycles. The fraction of sp³-hybridized carbons (Fsp3) is 0.455. The molecular weight excluding hydrogens is 162 g/mol. The average Bonchev–Trinajstić information content (AvgIpc) is 2.15. The Bertz CT molecular complexity index is 233. The van der Waals surface area contributed by atoms with Gasteiger partial charge in [0.15, 0.2) is 0 Å². The Morgan fingerprint density at radius 2 is 1.85 bits per heavy atom. The van der Waals surface area contributed by atoms with E-state index in [0.717, 1.165) is 12.1 Å². The quantitative estimate of drug-likeness (QED) is 0.703. The molecule has 0 amide bonds. The van der Waals surface area contributed by atoms with E-state index < -0.39 is 0 Å². The summed E-state index contributed by atoms with van der Waals surface area (Å²) in [6.45, 7) is 4.98. The van der Waals surface area contributed by atoms with Crippen molar-refractivity contribution in [3.63, 3.8) is 0 Å². The molecular formula is C11H18NO+. The lowest BCUT2D eigenvalue weighted by molar-refractivity contribution is -0.689. The number of hydrogen-bond acceptors (Lipinski definition) is 1. The summed E-state index contributed by atoms with van der Waals surface area (Å²) in [5.74, 6) is 0. The molecule has 13 heavy (non-hydrogen) atoms. The lowest BCUT2D eigenvalue weighted by Gasteiger charge is -2.11. The normalized spacial score (nSPS) is 13.2. The van der Waals surface area contributed by atoms with Crippen LogP contribution in [0.2, 0.25) is 0 Å². The van der Waals surface area contributed by atoms with Crippen LogP contribution in [0.15, 0.2) is 30.3 Å². The number of aliphatic hydroxyl groups excluding tert-OH is 1. The van der Waals surface area contributed by atoms with Gasteiger partial charge in [-0.25, -0.2) is 0 Å². The first kappa shape index (κ1) is 10.2. The van der Waals surface area contributed by atoms with Crippen LogP contribution in [0.5, 0.6) is 0 Å². The predicted octanol–water partition coefficient (Wildman–Crippen LogP) is 0.692. The van der Waals surface area contributed by atoms with Crippen molar-refractivity contribution < 1.29 is 10.4 Å². The topological polar surface area (TPSA) is 36.8 Å². The van der Waals surface area contributed by atoms with Gasteiger partial charge >= 0.3 is 0 Å². The van der Waals surface area contributed by atoms with Crippen LogP contribution in [0.3, 0.4) is 0 Å². The molecule has 0 unspecified atom stereocenters. The molecule has 0 saturated carbocycles. The van der Waals surface area contributed by atoms with E-state index in [4.69, 9.17) is 0 Å². The van der Waals surface area contributed by atoms with Crippen LogP contribution in [0.4, 0.5) is 0 Å². The highest BCUT2D eigenvalue weighted by atomic mass is 16.3. The first-order chi connectivity index (χ1) is 6.20. The minimum atomic E-state index is -0.344. The molecule has 0 radical (unpaired) electrons. The highest BCUT2D eigenvalue weighted by Gasteiger charge is 2.08. The number of benzene rings is 1. The fourth-order valence-corrected chi connectivity index (χ4v) is 1.21. The first-order valence-electron chi connectivity index (χ1n) is 4.76. The zero-order valence-electron chi connectivity index (χ0n) is 8.27. The second kappa shape index (κ2) is 5.00. The third kappa shape index (κ3) is 3.57. The molecule has 1 aromatic rings. The van der Waals surface area contributed by atoms with E-state index >= 15 is 0 Å². The molecule has 0 bridgehead atoms. The first-order valence-corrected chi connectivity index (χ1v) is 4.76. The molecule has 72 valence electrons. The Morgan fingerprint density at radius 1 is 1.23 bits per heavy atom. The summed E-state index contributed by atoms with van der Waals surface area (Å²) >= 11 is 0. The highest BCUT2D eigenvalue weighted by Crippen LogP contribution is 2.08. The maximum Gasteiger partial charge on any atom is 0.128 e. The van der Waals surface area contributed by atoms with Gasteiger partial charge in [0, 0.05) is 0 Å². The summed E-state index contributed by atoms with van der Waals surface area (Å²) in [7, 11) is 0. The summed E-state index contributed by atoms with van der Waals surface area (Å²) in [6, 6.07) is 10.3. The zero-order valence-corrected chi connectivity index (χ0v) is 8.27. The molecule has 1 rings (SSSR count). The van der Waals surface area contributed by atoms with Crippen molar-refractivity contribution in [1.29, 1.82) is 0 Å². The summed E-state index contributed by atoms with van der Waals surface area (Å²) in [6.07, 6.45) is -0.344. The smallest absolute Gasteiger partial charge is 0.128 e. The number of aliphatic hydroxyl groups is 1. The van der Waals surface area contributed by atoms with Crippen molar-refractivity contribution in [3.05, 3.63) is 35.9 Å². The van der Waals surface area contributed by atoms with E-state index in [9.17, 15) is 5.11 Å². The van der Waals surface area contributed by atoms with E-state index in [1.807, 2.05) is 30.3 Å². The van der Waals surface area contributed by atoms with Gasteiger partial charge in [-0.05, 0) is 19.4 Å². The highest BCUT2D eigenvalue weighted by molar-refractivity contribution is 5.16. The molecule has 0 aliphatic carbocycles. The Balaban J connectivity index is 2.44. The number of nitrogens with two attached hydrogens (primary N) is 1. The van der Waals surface area contributed by atoms with Crippen LogP contribution in [0.1, 0.15) is 25.5 Å². The van der Waals surface area contributed by atoms with Gasteiger partial charge < -0.3 is 10.4 Å². The molecule has 3 N–H and O–H groups in total. The number of quaternary nitrogens is 1. The molecule has 2 heteroatoms. The van der Waals surface area contributed by atoms with Crippen LogP contribution >= 0.6 is 0 Å². The Kier molecular flexibility index (Phi) is 3.93. The van der Waals surface area contributed by atoms with Crippen molar-refractivity contribution in [3.8, 4) is 0 Å². The SMILES string of the molecule is CC(C)[NH2+]C[C@@H](O)c1ccccc1. The minimum Gasteiger partial charge on any atom is -0.382 e. The standard InChI is InChI=1S/C11H17NO/c1-9(2)12-8-11(13)10-6-4-3-5-7-10/h3-7,9,11-13H,8H2,1-2H3/p+1/t11-/m1/s1. The van der Waals surface area contributed by atoms with Crippen LogP contribution in [-0.2, 0) is 0 Å². The van der Waals surface area contributed by atoms with E-state index in [0.29, 0.717) is 6.04 Å². The van der Waals surface area contributed by atoms with Gasteiger partial charge in [0.1, 0.15) is 12.6 Å². The monoisotopic (exact) mass is 180 g/mol. The molecule has 0 aliphatic rings. The van der Waals surface area contributed by atoms with E-state index in [1.54, 1.807) is 0 Å². The number of rotatable bonds is 4. The lowest BCUT2D eigenvalue weighted by atomic mass is 10.1. The summed E-state index contributed by atoms with van der Waals surface area (Å²) < 4.78 is 0. The van der Waals surface area contributed by atoms with E-state index in [-0.39, 0.29) is 6.10 Å². The van der Waals surface area contributed by atoms with E-state index in [1.165, 1.54) is 0 Å². The van der Waals surface area contributed by atoms with Crippen molar-refractivity contribution >= 4 is 0 Å². The van der Waals surface area contributed by atoms with Crippen molar-refractivity contribution in [2.24, 2.45) is 0 Å². The maximum atomic E-state index is 9.74. The van der Waals surface area contributed by atoms with Gasteiger partial charge in [-0.1, -0.05) is 30.3 Å². The van der Waals surface area contributed by atoms with Gasteiger partial charge in [-0.15, -0.1) is 0 Å². The maximum absolute atomic E-state index is 9.74. The Labute approximate surface area is 79.6 Å². The summed E-state index contributed by atoms with van der Waals surface area (Å²) in [5, 5.41) is 11.9. The molecule has 0 fully saturated rings. The lowest BCUT2D eigenvalue weighted by Crippen LogP contribution is -2.89. The second-order valence-electron chi connectivity index (χ2n) is 3.64. The summed E-state index contributed by atoms with van der Waals surface area (Å²) in [4.78, 5) is 0. The van der Waals surface area contributed by atoms with E-state index in [2.05, 4.69) is 19.2 Å². The van der Waals surface area contributed by atoms with Crippen LogP contribution < -0.4 is 5.32 Å². The Morgan fingerprint density at radius 3 is 2.38 bits per heavy atom. The molecule has 1 atom stereocenters. The number of hydrogen-bond donors (Lipinski definition) is 2. The summed E-state index contributed by atoms with van der Waals surface area (Å²) in [5.41, 5.74) is 0.999. The van der Waals surface area contributed by atoms with Gasteiger partial charge in [0.2, 0.25) is 0 Å². The molecule has 0 saturated heterocycles. The third-order valence-corrected chi connectivity index (χ3v) is 2.02. The molecule has 0 aromatic heterocycles. The Hall–Kier alpha value is -0.860. The molecule has 0 spiro atoms. The van der Waals surface area contributed by atoms with Crippen LogP contribution in [0.25, 0.3) is 0 Å². The van der Waals surface area contributed by atoms with Gasteiger partial charge in [-0.3, -0.25) is 0 Å². The third-order valence-electron chi connectivity index (χ3n) is 2.02. The minimum absolute atomic E-state index is 0.344. The van der Waals surface area contributed by atoms with Crippen molar-refractivity contribution in [2.45, 2.75) is 26.0 Å². The fourth-order valence-electron chi connectivity index (χ4n) is 1.21. The van der Waals surface area contributed by atoms with Gasteiger partial charge in [0.05, 0.1) is 6.04 Å². The molecule has 0 heterocycles. The largest absolute Gasteiger partial charge is 0.382 e. The predicted molar refractivity (Wildman–Crippen MR) is 53.3 cm³/mol. The van der Waals surface area contributed by atoms with Crippen LogP contribution in [0, 0.1) is 0 Å².